The SMILES string of the molecule is c1cnc2ccc(Cn3nnc4ccc(-c5ccc6[nH]ccc6c5)nc43)cc2c1.c1cnc2ccc(Cn3nnc4ccc(-c5ccc6cc[nH]c6c5)nc43)cc2c1. The van der Waals surface area contributed by atoms with E-state index >= 15 is 0 Å². The Balaban J connectivity index is 0.000000133. The molecule has 0 aliphatic heterocycles. The lowest BCUT2D eigenvalue weighted by molar-refractivity contribution is 0.665. The molecule has 0 saturated heterocycles. The maximum absolute atomic E-state index is 4.87. The van der Waals surface area contributed by atoms with Gasteiger partial charge in [-0.2, -0.15) is 0 Å². The highest BCUT2D eigenvalue weighted by molar-refractivity contribution is 5.87. The van der Waals surface area contributed by atoms with Crippen molar-refractivity contribution in [1.29, 1.82) is 0 Å². The molecule has 0 bridgehead atoms. The number of H-pyrrole nitrogens is 2. The van der Waals surface area contributed by atoms with Gasteiger partial charge in [0.25, 0.3) is 0 Å². The first-order valence-electron chi connectivity index (χ1n) is 18.9. The van der Waals surface area contributed by atoms with Crippen molar-refractivity contribution >= 4 is 65.9 Å². The molecule has 4 aromatic carbocycles. The first kappa shape index (κ1) is 33.2. The number of fused-ring (bicyclic) bond motifs is 6. The summed E-state index contributed by atoms with van der Waals surface area (Å²) in [6, 6.07) is 45.2. The molecule has 12 rings (SSSR count). The van der Waals surface area contributed by atoms with Crippen molar-refractivity contribution in [2.24, 2.45) is 0 Å². The van der Waals surface area contributed by atoms with Crippen molar-refractivity contribution in [1.82, 2.24) is 59.9 Å². The first-order chi connectivity index (χ1) is 28.7. The highest BCUT2D eigenvalue weighted by atomic mass is 15.4. The Labute approximate surface area is 329 Å². The Hall–Kier alpha value is -8.12. The molecule has 58 heavy (non-hydrogen) atoms. The minimum absolute atomic E-state index is 0.605. The molecule has 12 nitrogen and oxygen atoms in total. The predicted octanol–water partition coefficient (Wildman–Crippen LogP) is 9.14. The van der Waals surface area contributed by atoms with Crippen molar-refractivity contribution in [3.8, 4) is 22.5 Å². The van der Waals surface area contributed by atoms with E-state index in [1.54, 1.807) is 0 Å². The fourth-order valence-electron chi connectivity index (χ4n) is 7.45. The molecule has 0 spiro atoms. The topological polar surface area (TPSA) is 145 Å². The van der Waals surface area contributed by atoms with Crippen LogP contribution in [0.2, 0.25) is 0 Å². The van der Waals surface area contributed by atoms with Crippen LogP contribution in [0.4, 0.5) is 0 Å². The Kier molecular flexibility index (Phi) is 7.95. The molecule has 2 N–H and O–H groups in total. The van der Waals surface area contributed by atoms with Gasteiger partial charge in [0.1, 0.15) is 11.0 Å². The number of pyridine rings is 4. The van der Waals surface area contributed by atoms with E-state index in [4.69, 9.17) is 9.97 Å². The van der Waals surface area contributed by atoms with E-state index in [9.17, 15) is 0 Å². The van der Waals surface area contributed by atoms with Crippen LogP contribution in [0.3, 0.4) is 0 Å². The van der Waals surface area contributed by atoms with Crippen molar-refractivity contribution in [2.45, 2.75) is 13.1 Å². The minimum Gasteiger partial charge on any atom is -0.361 e. The van der Waals surface area contributed by atoms with Gasteiger partial charge in [-0.1, -0.05) is 52.9 Å². The summed E-state index contributed by atoms with van der Waals surface area (Å²) in [6.45, 7) is 1.21. The van der Waals surface area contributed by atoms with Gasteiger partial charge in [0.15, 0.2) is 11.3 Å². The van der Waals surface area contributed by atoms with Crippen LogP contribution < -0.4 is 0 Å². The predicted molar refractivity (Wildman–Crippen MR) is 227 cm³/mol. The number of rotatable bonds is 6. The molecular formula is C46H32N12. The molecule has 0 aliphatic rings. The molecule has 0 radical (unpaired) electrons. The third kappa shape index (κ3) is 6.24. The quantitative estimate of drug-likeness (QED) is 0.171. The summed E-state index contributed by atoms with van der Waals surface area (Å²) < 4.78 is 3.70. The summed E-state index contributed by atoms with van der Waals surface area (Å²) in [5.41, 5.74) is 13.5. The second kappa shape index (κ2) is 13.9. The van der Waals surface area contributed by atoms with Crippen LogP contribution in [0.15, 0.2) is 158 Å². The molecule has 12 heteroatoms. The number of nitrogens with one attached hydrogen (secondary N) is 2. The average Bonchev–Trinajstić information content (AvgIpc) is 4.10. The summed E-state index contributed by atoms with van der Waals surface area (Å²) in [7, 11) is 0. The standard InChI is InChI=1S/2C23H16N6/c1-2-17-12-15(3-6-19(17)24-10-1)14-29-23-21(27-28-29)8-7-20(26-23)18-5-4-16-9-11-25-22(16)13-18;1-2-16-12-15(3-5-19(16)24-10-1)14-29-23-22(27-28-29)8-7-21(26-23)17-4-6-20-18(13-17)9-11-25-20/h2*1-13,25H,14H2. The van der Waals surface area contributed by atoms with Crippen LogP contribution in [0.25, 0.3) is 88.5 Å². The van der Waals surface area contributed by atoms with E-state index in [1.165, 1.54) is 10.8 Å². The zero-order valence-corrected chi connectivity index (χ0v) is 30.9. The third-order valence-electron chi connectivity index (χ3n) is 10.4. The number of hydrogen-bond acceptors (Lipinski definition) is 8. The van der Waals surface area contributed by atoms with E-state index in [1.807, 2.05) is 82.7 Å². The average molecular weight is 753 g/mol. The van der Waals surface area contributed by atoms with Gasteiger partial charge in [-0.05, 0) is 108 Å². The van der Waals surface area contributed by atoms with E-state index in [-0.39, 0.29) is 0 Å². The zero-order valence-electron chi connectivity index (χ0n) is 30.9. The van der Waals surface area contributed by atoms with Crippen molar-refractivity contribution in [2.75, 3.05) is 0 Å². The highest BCUT2D eigenvalue weighted by Gasteiger charge is 2.12. The summed E-state index contributed by atoms with van der Waals surface area (Å²) >= 11 is 0. The third-order valence-corrected chi connectivity index (χ3v) is 10.4. The second-order valence-electron chi connectivity index (χ2n) is 14.2. The van der Waals surface area contributed by atoms with Crippen LogP contribution >= 0.6 is 0 Å². The number of aromatic nitrogens is 12. The molecule has 0 atom stereocenters. The monoisotopic (exact) mass is 752 g/mol. The molecule has 8 aromatic heterocycles. The highest BCUT2D eigenvalue weighted by Crippen LogP contribution is 2.26. The Bertz CT molecular complexity index is 3220. The molecule has 12 aromatic rings. The molecule has 0 saturated carbocycles. The number of nitrogens with zero attached hydrogens (tertiary/aromatic N) is 10. The van der Waals surface area contributed by atoms with Gasteiger partial charge >= 0.3 is 0 Å². The Morgan fingerprint density at radius 1 is 0.431 bits per heavy atom. The number of aromatic amines is 2. The summed E-state index contributed by atoms with van der Waals surface area (Å²) in [6.07, 6.45) is 7.51. The van der Waals surface area contributed by atoms with E-state index in [0.717, 1.165) is 88.8 Å². The van der Waals surface area contributed by atoms with Gasteiger partial charge in [0, 0.05) is 63.1 Å². The second-order valence-corrected chi connectivity index (χ2v) is 14.2. The number of benzene rings is 4. The maximum atomic E-state index is 4.87. The molecule has 0 amide bonds. The molecule has 8 heterocycles. The van der Waals surface area contributed by atoms with Crippen LogP contribution in [0.1, 0.15) is 11.1 Å². The van der Waals surface area contributed by atoms with E-state index < -0.39 is 0 Å². The van der Waals surface area contributed by atoms with Crippen LogP contribution in [0.5, 0.6) is 0 Å². The largest absolute Gasteiger partial charge is 0.361 e. The van der Waals surface area contributed by atoms with Gasteiger partial charge in [-0.15, -0.1) is 10.2 Å². The maximum Gasteiger partial charge on any atom is 0.179 e. The Morgan fingerprint density at radius 2 is 0.983 bits per heavy atom. The van der Waals surface area contributed by atoms with Gasteiger partial charge in [0.05, 0.1) is 35.5 Å². The van der Waals surface area contributed by atoms with Crippen molar-refractivity contribution < 1.29 is 0 Å². The lowest BCUT2D eigenvalue weighted by Gasteiger charge is -2.06. The van der Waals surface area contributed by atoms with Crippen LogP contribution in [0, 0.1) is 0 Å². The van der Waals surface area contributed by atoms with Gasteiger partial charge in [-0.3, -0.25) is 9.97 Å². The first-order valence-corrected chi connectivity index (χ1v) is 18.9. The Morgan fingerprint density at radius 3 is 1.62 bits per heavy atom. The van der Waals surface area contributed by atoms with Gasteiger partial charge < -0.3 is 9.97 Å². The molecule has 276 valence electrons. The zero-order chi connectivity index (χ0) is 38.4. The van der Waals surface area contributed by atoms with Crippen molar-refractivity contribution in [3.63, 3.8) is 0 Å². The number of hydrogen-bond donors (Lipinski definition) is 2. The smallest absolute Gasteiger partial charge is 0.179 e. The van der Waals surface area contributed by atoms with Crippen LogP contribution in [-0.4, -0.2) is 59.9 Å². The van der Waals surface area contributed by atoms with Gasteiger partial charge in [0.2, 0.25) is 0 Å². The fraction of sp³-hybridized carbons (Fsp3) is 0.0435. The fourth-order valence-corrected chi connectivity index (χ4v) is 7.45. The van der Waals surface area contributed by atoms with E-state index in [2.05, 4.69) is 125 Å². The summed E-state index contributed by atoms with van der Waals surface area (Å²) in [5.74, 6) is 0. The summed E-state index contributed by atoms with van der Waals surface area (Å²) in [4.78, 5) is 25.0. The van der Waals surface area contributed by atoms with Gasteiger partial charge in [-0.25, -0.2) is 19.3 Å². The summed E-state index contributed by atoms with van der Waals surface area (Å²) in [5, 5.41) is 21.8. The lowest BCUT2D eigenvalue weighted by Crippen LogP contribution is -2.03. The van der Waals surface area contributed by atoms with E-state index in [0.29, 0.717) is 13.1 Å². The normalized spacial score (nSPS) is 11.6. The minimum atomic E-state index is 0.605. The van der Waals surface area contributed by atoms with Crippen LogP contribution in [-0.2, 0) is 13.1 Å². The molecular weight excluding hydrogens is 721 g/mol. The molecule has 0 unspecified atom stereocenters. The lowest BCUT2D eigenvalue weighted by atomic mass is 10.1. The molecule has 0 fully saturated rings. The van der Waals surface area contributed by atoms with Crippen molar-refractivity contribution in [3.05, 3.63) is 169 Å². The molecule has 0 aliphatic carbocycles.